The van der Waals surface area contributed by atoms with E-state index in [1.807, 2.05) is 19.9 Å². The zero-order chi connectivity index (χ0) is 16.3. The Balaban J connectivity index is 1.92. The van der Waals surface area contributed by atoms with Gasteiger partial charge in [0.1, 0.15) is 0 Å². The topological polar surface area (TPSA) is 64.0 Å². The summed E-state index contributed by atoms with van der Waals surface area (Å²) in [5.41, 5.74) is 2.57. The van der Waals surface area contributed by atoms with Gasteiger partial charge in [0, 0.05) is 19.3 Å². The fraction of sp³-hybridized carbons (Fsp3) is 0.400. The summed E-state index contributed by atoms with van der Waals surface area (Å²) >= 11 is 5.93. The zero-order valence-corrected chi connectivity index (χ0v) is 14.5. The summed E-state index contributed by atoms with van der Waals surface area (Å²) in [6, 6.07) is 5.31. The molecule has 0 amide bonds. The highest BCUT2D eigenvalue weighted by Gasteiger charge is 2.15. The van der Waals surface area contributed by atoms with Crippen LogP contribution in [-0.2, 0) is 16.6 Å². The molecular weight excluding hydrogens is 322 g/mol. The smallest absolute Gasteiger partial charge is 0.240 e. The van der Waals surface area contributed by atoms with Crippen LogP contribution in [0.1, 0.15) is 23.2 Å². The Hall–Kier alpha value is -1.37. The molecule has 0 spiro atoms. The van der Waals surface area contributed by atoms with Crippen molar-refractivity contribution in [3.63, 3.8) is 0 Å². The third-order valence-corrected chi connectivity index (χ3v) is 5.35. The van der Waals surface area contributed by atoms with Crippen LogP contribution in [-0.4, -0.2) is 24.7 Å². The molecule has 120 valence electrons. The Labute approximate surface area is 136 Å². The molecule has 5 nitrogen and oxygen atoms in total. The van der Waals surface area contributed by atoms with Crippen molar-refractivity contribution in [3.8, 4) is 0 Å². The maximum atomic E-state index is 12.3. The van der Waals surface area contributed by atoms with Gasteiger partial charge in [-0.3, -0.25) is 4.68 Å². The van der Waals surface area contributed by atoms with Gasteiger partial charge >= 0.3 is 0 Å². The summed E-state index contributed by atoms with van der Waals surface area (Å²) in [7, 11) is -3.47. The molecule has 0 radical (unpaired) electrons. The first-order valence-corrected chi connectivity index (χ1v) is 8.92. The quantitative estimate of drug-likeness (QED) is 0.822. The zero-order valence-electron chi connectivity index (χ0n) is 12.9. The monoisotopic (exact) mass is 341 g/mol. The Morgan fingerprint density at radius 1 is 1.27 bits per heavy atom. The first-order chi connectivity index (χ1) is 10.3. The van der Waals surface area contributed by atoms with Crippen LogP contribution in [0.3, 0.4) is 0 Å². The van der Waals surface area contributed by atoms with Crippen LogP contribution < -0.4 is 4.72 Å². The average molecular weight is 342 g/mol. The standard InChI is InChI=1S/C15H20ClN3O2S/c1-11-5-6-15(12(2)9-11)22(20,21)17-7-4-8-19-10-14(16)13(3)18-19/h5-6,9-10,17H,4,7-8H2,1-3H3. The van der Waals surface area contributed by atoms with Crippen LogP contribution in [0.5, 0.6) is 0 Å². The number of nitrogens with one attached hydrogen (secondary N) is 1. The Bertz CT molecular complexity index is 750. The molecule has 0 aliphatic rings. The largest absolute Gasteiger partial charge is 0.271 e. The first kappa shape index (κ1) is 17.0. The fourth-order valence-electron chi connectivity index (χ4n) is 2.23. The van der Waals surface area contributed by atoms with Crippen LogP contribution in [0, 0.1) is 20.8 Å². The number of rotatable bonds is 6. The summed E-state index contributed by atoms with van der Waals surface area (Å²) in [4.78, 5) is 0.330. The van der Waals surface area contributed by atoms with E-state index in [1.54, 1.807) is 29.9 Å². The van der Waals surface area contributed by atoms with E-state index in [2.05, 4.69) is 9.82 Å². The molecule has 7 heteroatoms. The number of aryl methyl sites for hydroxylation is 4. The van der Waals surface area contributed by atoms with E-state index in [0.29, 0.717) is 29.4 Å². The Morgan fingerprint density at radius 3 is 2.59 bits per heavy atom. The molecule has 0 saturated carbocycles. The van der Waals surface area contributed by atoms with Gasteiger partial charge in [0.15, 0.2) is 0 Å². The SMILES string of the molecule is Cc1ccc(S(=O)(=O)NCCCn2cc(Cl)c(C)n2)c(C)c1. The molecule has 1 N–H and O–H groups in total. The van der Waals surface area contributed by atoms with Crippen molar-refractivity contribution in [2.45, 2.75) is 38.6 Å². The third kappa shape index (κ3) is 4.09. The number of sulfonamides is 1. The lowest BCUT2D eigenvalue weighted by Gasteiger charge is -2.10. The number of hydrogen-bond acceptors (Lipinski definition) is 3. The van der Waals surface area contributed by atoms with Gasteiger partial charge in [0.05, 0.1) is 15.6 Å². The molecule has 1 aromatic heterocycles. The van der Waals surface area contributed by atoms with Gasteiger partial charge in [-0.1, -0.05) is 29.3 Å². The second-order valence-electron chi connectivity index (χ2n) is 5.35. The van der Waals surface area contributed by atoms with Crippen LogP contribution >= 0.6 is 11.6 Å². The van der Waals surface area contributed by atoms with Crippen molar-refractivity contribution in [1.29, 1.82) is 0 Å². The number of aromatic nitrogens is 2. The first-order valence-electron chi connectivity index (χ1n) is 7.06. The van der Waals surface area contributed by atoms with Gasteiger partial charge in [-0.25, -0.2) is 13.1 Å². The van der Waals surface area contributed by atoms with Crippen LogP contribution in [0.15, 0.2) is 29.3 Å². The van der Waals surface area contributed by atoms with Gasteiger partial charge in [0.2, 0.25) is 10.0 Å². The molecule has 0 saturated heterocycles. The van der Waals surface area contributed by atoms with Gasteiger partial charge in [-0.15, -0.1) is 0 Å². The molecule has 0 aliphatic heterocycles. The predicted molar refractivity (Wildman–Crippen MR) is 87.7 cm³/mol. The molecule has 22 heavy (non-hydrogen) atoms. The van der Waals surface area contributed by atoms with E-state index in [9.17, 15) is 8.42 Å². The molecule has 2 rings (SSSR count). The lowest BCUT2D eigenvalue weighted by atomic mass is 10.2. The van der Waals surface area contributed by atoms with Crippen molar-refractivity contribution < 1.29 is 8.42 Å². The summed E-state index contributed by atoms with van der Waals surface area (Å²) in [5, 5.41) is 4.85. The summed E-state index contributed by atoms with van der Waals surface area (Å²) in [6.07, 6.45) is 2.39. The molecule has 0 bridgehead atoms. The molecular formula is C15H20ClN3O2S. The Kier molecular flexibility index (Phi) is 5.26. The second kappa shape index (κ2) is 6.81. The van der Waals surface area contributed by atoms with Crippen molar-refractivity contribution in [3.05, 3.63) is 46.2 Å². The molecule has 0 fully saturated rings. The molecule has 0 unspecified atom stereocenters. The minimum absolute atomic E-state index is 0.330. The van der Waals surface area contributed by atoms with E-state index >= 15 is 0 Å². The molecule has 0 atom stereocenters. The van der Waals surface area contributed by atoms with E-state index in [0.717, 1.165) is 16.8 Å². The highest BCUT2D eigenvalue weighted by molar-refractivity contribution is 7.89. The van der Waals surface area contributed by atoms with Crippen molar-refractivity contribution in [2.75, 3.05) is 6.54 Å². The summed E-state index contributed by atoms with van der Waals surface area (Å²) in [6.45, 7) is 6.54. The minimum Gasteiger partial charge on any atom is -0.271 e. The number of benzene rings is 1. The second-order valence-corrected chi connectivity index (χ2v) is 7.49. The van der Waals surface area contributed by atoms with Gasteiger partial charge < -0.3 is 0 Å². The highest BCUT2D eigenvalue weighted by atomic mass is 35.5. The highest BCUT2D eigenvalue weighted by Crippen LogP contribution is 2.16. The van der Waals surface area contributed by atoms with Crippen molar-refractivity contribution in [2.24, 2.45) is 0 Å². The van der Waals surface area contributed by atoms with Crippen molar-refractivity contribution in [1.82, 2.24) is 14.5 Å². The van der Waals surface area contributed by atoms with Crippen molar-refractivity contribution >= 4 is 21.6 Å². The molecule has 1 heterocycles. The van der Waals surface area contributed by atoms with Crippen LogP contribution in [0.25, 0.3) is 0 Å². The predicted octanol–water partition coefficient (Wildman–Crippen LogP) is 2.83. The van der Waals surface area contributed by atoms with Crippen LogP contribution in [0.2, 0.25) is 5.02 Å². The third-order valence-electron chi connectivity index (χ3n) is 3.36. The lowest BCUT2D eigenvalue weighted by Crippen LogP contribution is -2.26. The van der Waals surface area contributed by atoms with Gasteiger partial charge in [-0.05, 0) is 38.8 Å². The number of halogens is 1. The van der Waals surface area contributed by atoms with E-state index in [-0.39, 0.29) is 0 Å². The van der Waals surface area contributed by atoms with Crippen LogP contribution in [0.4, 0.5) is 0 Å². The Morgan fingerprint density at radius 2 is 2.00 bits per heavy atom. The molecule has 0 aliphatic carbocycles. The summed E-state index contributed by atoms with van der Waals surface area (Å²) < 4.78 is 28.9. The van der Waals surface area contributed by atoms with E-state index in [1.165, 1.54) is 0 Å². The van der Waals surface area contributed by atoms with E-state index < -0.39 is 10.0 Å². The lowest BCUT2D eigenvalue weighted by molar-refractivity contribution is 0.551. The minimum atomic E-state index is -3.47. The van der Waals surface area contributed by atoms with Gasteiger partial charge in [-0.2, -0.15) is 5.10 Å². The maximum absolute atomic E-state index is 12.3. The van der Waals surface area contributed by atoms with E-state index in [4.69, 9.17) is 11.6 Å². The summed E-state index contributed by atoms with van der Waals surface area (Å²) in [5.74, 6) is 0. The fourth-order valence-corrected chi connectivity index (χ4v) is 3.68. The normalized spacial score (nSPS) is 11.8. The maximum Gasteiger partial charge on any atom is 0.240 e. The molecule has 1 aromatic carbocycles. The number of hydrogen-bond donors (Lipinski definition) is 1. The number of nitrogens with zero attached hydrogens (tertiary/aromatic N) is 2. The van der Waals surface area contributed by atoms with Gasteiger partial charge in [0.25, 0.3) is 0 Å². The average Bonchev–Trinajstić information content (AvgIpc) is 2.73. The molecule has 2 aromatic rings.